The van der Waals surface area contributed by atoms with E-state index in [1.54, 1.807) is 0 Å². The topological polar surface area (TPSA) is 102 Å². The molecule has 7 nitrogen and oxygen atoms in total. The van der Waals surface area contributed by atoms with E-state index >= 15 is 0 Å². The summed E-state index contributed by atoms with van der Waals surface area (Å²) in [5.41, 5.74) is 4.96. The van der Waals surface area contributed by atoms with Crippen LogP contribution in [0.15, 0.2) is 35.6 Å². The number of aliphatic imine (C=N–C) groups is 1. The Balaban J connectivity index is 1.65. The third-order valence-electron chi connectivity index (χ3n) is 5.38. The van der Waals surface area contributed by atoms with Gasteiger partial charge in [0.2, 0.25) is 5.88 Å². The minimum atomic E-state index is -1.38. The van der Waals surface area contributed by atoms with Crippen molar-refractivity contribution >= 4 is 28.5 Å². The van der Waals surface area contributed by atoms with Crippen molar-refractivity contribution in [3.8, 4) is 5.88 Å². The van der Waals surface area contributed by atoms with E-state index in [0.717, 1.165) is 0 Å². The van der Waals surface area contributed by atoms with Gasteiger partial charge < -0.3 is 15.8 Å². The van der Waals surface area contributed by atoms with Crippen LogP contribution in [0.1, 0.15) is 23.0 Å². The zero-order valence-electron chi connectivity index (χ0n) is 15.7. The molecule has 1 amide bonds. The standard InChI is InChI=1S/C19H19F2N5O2S/c1-9-15-16(9)29-18(22)26-19(15,8-20)11-5-10(3-4-12(11)21)25-17(27)13-6-24-14(28-2)7-23-13/h3-7,9,15-16H,8H2,1-2H3,(H2,22,26)(H,25,27)/t9?,15?,16?,19-/m1/s1. The number of nitrogens with one attached hydrogen (secondary N) is 1. The number of carbonyl (C=O) groups excluding carboxylic acids is 1. The van der Waals surface area contributed by atoms with Crippen molar-refractivity contribution in [3.63, 3.8) is 0 Å². The van der Waals surface area contributed by atoms with Gasteiger partial charge in [0.25, 0.3) is 5.91 Å². The highest BCUT2D eigenvalue weighted by molar-refractivity contribution is 8.14. The molecule has 2 aromatic rings. The highest BCUT2D eigenvalue weighted by atomic mass is 32.2. The molecule has 3 unspecified atom stereocenters. The second kappa shape index (κ2) is 7.25. The lowest BCUT2D eigenvalue weighted by atomic mass is 9.85. The Morgan fingerprint density at radius 3 is 2.83 bits per heavy atom. The van der Waals surface area contributed by atoms with E-state index in [2.05, 4.69) is 20.3 Å². The summed E-state index contributed by atoms with van der Waals surface area (Å²) >= 11 is 1.40. The molecule has 10 heteroatoms. The SMILES string of the molecule is COc1cnc(C(=O)Nc2ccc(F)c([C@@]3(CF)N=C(N)SC4C(C)C43)c2)cn1. The van der Waals surface area contributed by atoms with E-state index < -0.39 is 23.9 Å². The summed E-state index contributed by atoms with van der Waals surface area (Å²) in [5, 5.41) is 2.99. The fraction of sp³-hybridized carbons (Fsp3) is 0.368. The summed E-state index contributed by atoms with van der Waals surface area (Å²) in [6.45, 7) is 1.10. The van der Waals surface area contributed by atoms with Gasteiger partial charge in [-0.3, -0.25) is 4.79 Å². The number of thioether (sulfide) groups is 1. The number of hydrogen-bond donors (Lipinski definition) is 2. The van der Waals surface area contributed by atoms with Crippen molar-refractivity contribution in [3.05, 3.63) is 47.7 Å². The van der Waals surface area contributed by atoms with Crippen molar-refractivity contribution in [2.45, 2.75) is 17.7 Å². The number of ether oxygens (including phenoxy) is 1. The van der Waals surface area contributed by atoms with E-state index in [4.69, 9.17) is 10.5 Å². The number of nitrogens with two attached hydrogens (primary N) is 1. The molecule has 0 saturated heterocycles. The van der Waals surface area contributed by atoms with Crippen LogP contribution in [0.3, 0.4) is 0 Å². The van der Waals surface area contributed by atoms with Gasteiger partial charge in [-0.15, -0.1) is 0 Å². The third-order valence-corrected chi connectivity index (χ3v) is 6.71. The molecular formula is C19H19F2N5O2S. The maximum atomic E-state index is 14.7. The van der Waals surface area contributed by atoms with Crippen LogP contribution in [0.2, 0.25) is 0 Å². The number of hydrogen-bond acceptors (Lipinski definition) is 7. The zero-order chi connectivity index (χ0) is 20.8. The Bertz CT molecular complexity index is 987. The minimum Gasteiger partial charge on any atom is -0.480 e. The molecule has 4 rings (SSSR count). The number of carbonyl (C=O) groups is 1. The van der Waals surface area contributed by atoms with Crippen LogP contribution in [0.4, 0.5) is 14.5 Å². The molecule has 2 heterocycles. The number of halogens is 2. The van der Waals surface area contributed by atoms with Crippen molar-refractivity contribution < 1.29 is 18.3 Å². The number of amidine groups is 1. The van der Waals surface area contributed by atoms with E-state index in [1.807, 2.05) is 6.92 Å². The largest absolute Gasteiger partial charge is 0.480 e. The monoisotopic (exact) mass is 419 g/mol. The lowest BCUT2D eigenvalue weighted by Gasteiger charge is -2.32. The first-order valence-corrected chi connectivity index (χ1v) is 9.83. The quantitative estimate of drug-likeness (QED) is 0.773. The molecule has 29 heavy (non-hydrogen) atoms. The Labute approximate surface area is 170 Å². The summed E-state index contributed by atoms with van der Waals surface area (Å²) in [6, 6.07) is 4.01. The van der Waals surface area contributed by atoms with Gasteiger partial charge in [0.15, 0.2) is 5.17 Å². The van der Waals surface area contributed by atoms with Gasteiger partial charge in [0, 0.05) is 22.4 Å². The van der Waals surface area contributed by atoms with Gasteiger partial charge in [0.1, 0.15) is 23.7 Å². The smallest absolute Gasteiger partial charge is 0.275 e. The Kier molecular flexibility index (Phi) is 4.89. The van der Waals surface area contributed by atoms with E-state index in [9.17, 15) is 13.6 Å². The third kappa shape index (κ3) is 3.31. The Hall–Kier alpha value is -2.75. The fourth-order valence-electron chi connectivity index (χ4n) is 3.85. The average Bonchev–Trinajstić information content (AvgIpc) is 3.38. The lowest BCUT2D eigenvalue weighted by molar-refractivity contribution is 0.102. The van der Waals surface area contributed by atoms with Gasteiger partial charge in [-0.25, -0.2) is 23.7 Å². The highest BCUT2D eigenvalue weighted by Crippen LogP contribution is 2.62. The average molecular weight is 419 g/mol. The number of nitrogens with zero attached hydrogens (tertiary/aromatic N) is 3. The van der Waals surface area contributed by atoms with Gasteiger partial charge in [-0.2, -0.15) is 0 Å². The summed E-state index contributed by atoms with van der Waals surface area (Å²) in [6.07, 6.45) is 2.58. The molecule has 0 spiro atoms. The number of methoxy groups -OCH3 is 1. The van der Waals surface area contributed by atoms with Crippen LogP contribution < -0.4 is 15.8 Å². The summed E-state index contributed by atoms with van der Waals surface area (Å²) < 4.78 is 34.0. The molecule has 0 bridgehead atoms. The summed E-state index contributed by atoms with van der Waals surface area (Å²) in [7, 11) is 1.44. The molecule has 1 aromatic heterocycles. The highest BCUT2D eigenvalue weighted by Gasteiger charge is 2.63. The lowest BCUT2D eigenvalue weighted by Crippen LogP contribution is -2.37. The van der Waals surface area contributed by atoms with E-state index in [-0.39, 0.29) is 39.4 Å². The van der Waals surface area contributed by atoms with Gasteiger partial charge >= 0.3 is 0 Å². The molecular weight excluding hydrogens is 400 g/mol. The number of alkyl halides is 1. The summed E-state index contributed by atoms with van der Waals surface area (Å²) in [4.78, 5) is 24.7. The first-order chi connectivity index (χ1) is 13.9. The molecule has 1 saturated carbocycles. The number of benzene rings is 1. The van der Waals surface area contributed by atoms with Crippen LogP contribution >= 0.6 is 11.8 Å². The number of fused-ring (bicyclic) bond motifs is 1. The van der Waals surface area contributed by atoms with Crippen molar-refractivity contribution in [2.24, 2.45) is 22.6 Å². The number of aromatic nitrogens is 2. The number of amides is 1. The molecule has 1 aromatic carbocycles. The van der Waals surface area contributed by atoms with Crippen LogP contribution in [0.25, 0.3) is 0 Å². The summed E-state index contributed by atoms with van der Waals surface area (Å²) in [5.74, 6) is -0.849. The molecule has 4 atom stereocenters. The van der Waals surface area contributed by atoms with Crippen LogP contribution in [-0.2, 0) is 5.54 Å². The van der Waals surface area contributed by atoms with Crippen molar-refractivity contribution in [1.82, 2.24) is 9.97 Å². The van der Waals surface area contributed by atoms with Gasteiger partial charge in [0.05, 0.1) is 19.5 Å². The van der Waals surface area contributed by atoms with Gasteiger partial charge in [-0.05, 0) is 24.1 Å². The molecule has 2 aliphatic rings. The first-order valence-electron chi connectivity index (χ1n) is 8.95. The Morgan fingerprint density at radius 2 is 2.17 bits per heavy atom. The van der Waals surface area contributed by atoms with Gasteiger partial charge in [-0.1, -0.05) is 18.7 Å². The van der Waals surface area contributed by atoms with Crippen LogP contribution in [-0.4, -0.2) is 40.1 Å². The molecule has 1 aliphatic heterocycles. The number of anilines is 1. The second-order valence-electron chi connectivity index (χ2n) is 7.07. The second-order valence-corrected chi connectivity index (χ2v) is 8.27. The molecule has 3 N–H and O–H groups in total. The normalized spacial score (nSPS) is 27.6. The van der Waals surface area contributed by atoms with Crippen molar-refractivity contribution in [1.29, 1.82) is 0 Å². The van der Waals surface area contributed by atoms with Crippen LogP contribution in [0, 0.1) is 17.7 Å². The maximum Gasteiger partial charge on any atom is 0.275 e. The molecule has 0 radical (unpaired) electrons. The maximum absolute atomic E-state index is 14.7. The predicted octanol–water partition coefficient (Wildman–Crippen LogP) is 2.74. The molecule has 1 fully saturated rings. The molecule has 152 valence electrons. The number of rotatable bonds is 5. The van der Waals surface area contributed by atoms with Crippen LogP contribution in [0.5, 0.6) is 5.88 Å². The molecule has 1 aliphatic carbocycles. The minimum absolute atomic E-state index is 0.0593. The van der Waals surface area contributed by atoms with Crippen molar-refractivity contribution in [2.75, 3.05) is 19.1 Å². The predicted molar refractivity (Wildman–Crippen MR) is 106 cm³/mol. The fourth-order valence-corrected chi connectivity index (χ4v) is 5.26. The van der Waals surface area contributed by atoms with E-state index in [1.165, 1.54) is 49.5 Å². The zero-order valence-corrected chi connectivity index (χ0v) is 16.5. The Morgan fingerprint density at radius 1 is 1.38 bits per heavy atom. The van der Waals surface area contributed by atoms with E-state index in [0.29, 0.717) is 5.69 Å². The first kappa shape index (κ1) is 19.6.